The Morgan fingerprint density at radius 1 is 1.13 bits per heavy atom. The van der Waals surface area contributed by atoms with Gasteiger partial charge in [-0.3, -0.25) is 9.36 Å². The van der Waals surface area contributed by atoms with Crippen molar-refractivity contribution in [3.05, 3.63) is 69.8 Å². The van der Waals surface area contributed by atoms with E-state index in [4.69, 9.17) is 4.74 Å². The molecule has 158 valence electrons. The van der Waals surface area contributed by atoms with Crippen LogP contribution < -0.4 is 10.1 Å². The molecule has 0 aliphatic heterocycles. The zero-order valence-electron chi connectivity index (χ0n) is 15.8. The zero-order chi connectivity index (χ0) is 22.2. The molecular weight excluding hydrogens is 526 g/mol. The van der Waals surface area contributed by atoms with Crippen molar-refractivity contribution in [2.24, 2.45) is 0 Å². The first-order chi connectivity index (χ1) is 14.8. The van der Waals surface area contributed by atoms with Crippen LogP contribution in [-0.2, 0) is 6.18 Å². The van der Waals surface area contributed by atoms with E-state index in [2.05, 4.69) is 42.9 Å². The number of halogens is 4. The monoisotopic (exact) mass is 539 g/mol. The van der Waals surface area contributed by atoms with Crippen LogP contribution in [0, 0.1) is 3.57 Å². The van der Waals surface area contributed by atoms with Gasteiger partial charge in [0.2, 0.25) is 5.82 Å². The Bertz CT molecular complexity index is 1270. The van der Waals surface area contributed by atoms with E-state index in [-0.39, 0.29) is 22.7 Å². The van der Waals surface area contributed by atoms with Crippen molar-refractivity contribution in [2.75, 3.05) is 12.4 Å². The Balaban J connectivity index is 1.69. The normalized spacial score (nSPS) is 11.5. The fraction of sp³-hybridized carbons (Fsp3) is 0.100. The summed E-state index contributed by atoms with van der Waals surface area (Å²) in [6.45, 7) is 0. The fourth-order valence-corrected chi connectivity index (χ4v) is 3.47. The number of fused-ring (bicyclic) bond motifs is 1. The van der Waals surface area contributed by atoms with Crippen LogP contribution in [0.15, 0.2) is 54.9 Å². The summed E-state index contributed by atoms with van der Waals surface area (Å²) in [4.78, 5) is 24.2. The molecule has 4 rings (SSSR count). The quantitative estimate of drug-likeness (QED) is 0.381. The average Bonchev–Trinajstić information content (AvgIpc) is 3.13. The highest BCUT2D eigenvalue weighted by molar-refractivity contribution is 14.1. The molecule has 0 saturated carbocycles. The first-order valence-corrected chi connectivity index (χ1v) is 9.87. The minimum absolute atomic E-state index is 0.0905. The Kier molecular flexibility index (Phi) is 5.52. The third-order valence-corrected chi connectivity index (χ3v) is 4.98. The van der Waals surface area contributed by atoms with Crippen molar-refractivity contribution in [3.8, 4) is 11.6 Å². The number of imidazole rings is 1. The van der Waals surface area contributed by atoms with E-state index in [1.807, 2.05) is 6.07 Å². The molecule has 0 saturated heterocycles. The van der Waals surface area contributed by atoms with E-state index in [1.165, 1.54) is 31.5 Å². The van der Waals surface area contributed by atoms with Gasteiger partial charge < -0.3 is 10.1 Å². The molecule has 0 bridgehead atoms. The van der Waals surface area contributed by atoms with Crippen molar-refractivity contribution < 1.29 is 22.7 Å². The third kappa shape index (κ3) is 4.31. The molecule has 2 heterocycles. The number of rotatable bonds is 4. The number of amides is 1. The topological polar surface area (TPSA) is 81.9 Å². The van der Waals surface area contributed by atoms with E-state index in [1.54, 1.807) is 18.2 Å². The number of hydrogen-bond donors (Lipinski definition) is 1. The summed E-state index contributed by atoms with van der Waals surface area (Å²) in [5.41, 5.74) is 0.717. The maximum Gasteiger partial charge on any atom is 0.450 e. The number of carbonyl (C=O) groups is 1. The van der Waals surface area contributed by atoms with Crippen LogP contribution >= 0.6 is 22.6 Å². The number of anilines is 1. The second-order valence-corrected chi connectivity index (χ2v) is 7.59. The molecule has 0 radical (unpaired) electrons. The van der Waals surface area contributed by atoms with Crippen LogP contribution in [0.3, 0.4) is 0 Å². The van der Waals surface area contributed by atoms with Gasteiger partial charge in [0.05, 0.1) is 30.5 Å². The highest BCUT2D eigenvalue weighted by atomic mass is 127. The Labute approximate surface area is 187 Å². The molecule has 0 unspecified atom stereocenters. The van der Waals surface area contributed by atoms with Crippen molar-refractivity contribution in [1.29, 1.82) is 0 Å². The van der Waals surface area contributed by atoms with Crippen molar-refractivity contribution in [3.63, 3.8) is 0 Å². The van der Waals surface area contributed by atoms with Crippen molar-refractivity contribution >= 4 is 45.3 Å². The van der Waals surface area contributed by atoms with Gasteiger partial charge in [-0.25, -0.2) is 15.0 Å². The number of nitrogens with zero attached hydrogens (tertiary/aromatic N) is 4. The molecule has 2 aromatic carbocycles. The summed E-state index contributed by atoms with van der Waals surface area (Å²) >= 11 is 2.08. The standard InChI is InChI=1S/C20H13F3IN5O2/c1-31-13-5-6-15-14(8-13)27-19(20(21,22)23)29(15)17-10-25-16(9-26-17)28-18(30)11-3-2-4-12(24)7-11/h2-10H,1H3,(H,25,28,30). The number of methoxy groups -OCH3 is 1. The maximum absolute atomic E-state index is 13.6. The van der Waals surface area contributed by atoms with Gasteiger partial charge in [-0.1, -0.05) is 6.07 Å². The van der Waals surface area contributed by atoms with Gasteiger partial charge in [0.1, 0.15) is 5.75 Å². The summed E-state index contributed by atoms with van der Waals surface area (Å²) in [6, 6.07) is 11.3. The van der Waals surface area contributed by atoms with Gasteiger partial charge in [0.15, 0.2) is 11.6 Å². The Morgan fingerprint density at radius 3 is 2.58 bits per heavy atom. The van der Waals surface area contributed by atoms with Crippen LogP contribution in [0.25, 0.3) is 16.9 Å². The van der Waals surface area contributed by atoms with Gasteiger partial charge in [-0.05, 0) is 52.9 Å². The average molecular weight is 539 g/mol. The molecule has 1 amide bonds. The smallest absolute Gasteiger partial charge is 0.450 e. The molecule has 0 aliphatic carbocycles. The molecule has 1 N–H and O–H groups in total. The Morgan fingerprint density at radius 2 is 1.94 bits per heavy atom. The molecule has 0 spiro atoms. The molecule has 0 fully saturated rings. The first-order valence-electron chi connectivity index (χ1n) is 8.79. The van der Waals surface area contributed by atoms with Crippen LogP contribution in [0.5, 0.6) is 5.75 Å². The molecule has 2 aromatic heterocycles. The molecule has 0 aliphatic rings. The highest BCUT2D eigenvalue weighted by Gasteiger charge is 2.38. The van der Waals surface area contributed by atoms with E-state index in [0.29, 0.717) is 11.3 Å². The van der Waals surface area contributed by atoms with Gasteiger partial charge >= 0.3 is 6.18 Å². The largest absolute Gasteiger partial charge is 0.497 e. The number of hydrogen-bond acceptors (Lipinski definition) is 5. The summed E-state index contributed by atoms with van der Waals surface area (Å²) in [5, 5.41) is 2.58. The SMILES string of the molecule is COc1ccc2c(c1)nc(C(F)(F)F)n2-c1cnc(NC(=O)c2cccc(I)c2)cn1. The van der Waals surface area contributed by atoms with Gasteiger partial charge in [-0.2, -0.15) is 13.2 Å². The molecular formula is C20H13F3IN5O2. The van der Waals surface area contributed by atoms with Crippen LogP contribution in [-0.4, -0.2) is 32.5 Å². The third-order valence-electron chi connectivity index (χ3n) is 4.31. The molecule has 7 nitrogen and oxygen atoms in total. The molecule has 31 heavy (non-hydrogen) atoms. The minimum atomic E-state index is -4.72. The number of nitrogens with one attached hydrogen (secondary N) is 1. The van der Waals surface area contributed by atoms with Crippen molar-refractivity contribution in [1.82, 2.24) is 19.5 Å². The lowest BCUT2D eigenvalue weighted by Gasteiger charge is -2.11. The molecule has 0 atom stereocenters. The summed E-state index contributed by atoms with van der Waals surface area (Å²) in [7, 11) is 1.41. The maximum atomic E-state index is 13.6. The van der Waals surface area contributed by atoms with E-state index in [9.17, 15) is 18.0 Å². The minimum Gasteiger partial charge on any atom is -0.497 e. The van der Waals surface area contributed by atoms with Crippen molar-refractivity contribution in [2.45, 2.75) is 6.18 Å². The van der Waals surface area contributed by atoms with Gasteiger partial charge in [-0.15, -0.1) is 0 Å². The van der Waals surface area contributed by atoms with Crippen LogP contribution in [0.4, 0.5) is 19.0 Å². The van der Waals surface area contributed by atoms with E-state index in [0.717, 1.165) is 14.3 Å². The molecule has 11 heteroatoms. The van der Waals surface area contributed by atoms with Gasteiger partial charge in [0.25, 0.3) is 5.91 Å². The highest BCUT2D eigenvalue weighted by Crippen LogP contribution is 2.34. The number of alkyl halides is 3. The predicted molar refractivity (Wildman–Crippen MR) is 115 cm³/mol. The number of carbonyl (C=O) groups excluding carboxylic acids is 1. The Hall–Kier alpha value is -3.22. The zero-order valence-corrected chi connectivity index (χ0v) is 18.0. The second-order valence-electron chi connectivity index (χ2n) is 6.35. The second kappa shape index (κ2) is 8.13. The number of benzene rings is 2. The van der Waals surface area contributed by atoms with Crippen LogP contribution in [0.1, 0.15) is 16.2 Å². The van der Waals surface area contributed by atoms with Gasteiger partial charge in [0, 0.05) is 15.2 Å². The number of ether oxygens (including phenoxy) is 1. The fourth-order valence-electron chi connectivity index (χ4n) is 2.93. The summed E-state index contributed by atoms with van der Waals surface area (Å²) in [6.07, 6.45) is -2.38. The van der Waals surface area contributed by atoms with Crippen LogP contribution in [0.2, 0.25) is 0 Å². The molecule has 4 aromatic rings. The summed E-state index contributed by atoms with van der Waals surface area (Å²) in [5.74, 6) is -1.15. The lowest BCUT2D eigenvalue weighted by atomic mass is 10.2. The lowest BCUT2D eigenvalue weighted by Crippen LogP contribution is -2.16. The lowest BCUT2D eigenvalue weighted by molar-refractivity contribution is -0.145. The van der Waals surface area contributed by atoms with E-state index >= 15 is 0 Å². The predicted octanol–water partition coefficient (Wildman–Crippen LogP) is 4.70. The summed E-state index contributed by atoms with van der Waals surface area (Å²) < 4.78 is 47.6. The number of aromatic nitrogens is 4. The first kappa shape index (κ1) is 21.0. The van der Waals surface area contributed by atoms with E-state index < -0.39 is 17.9 Å².